The molecule has 6 rings (SSSR count). The van der Waals surface area contributed by atoms with E-state index in [1.807, 2.05) is 60.7 Å². The summed E-state index contributed by atoms with van der Waals surface area (Å²) >= 11 is 0. The molecule has 0 unspecified atom stereocenters. The second kappa shape index (κ2) is 13.4. The second-order valence-corrected chi connectivity index (χ2v) is 11.0. The minimum Gasteiger partial charge on any atom is -0.493 e. The van der Waals surface area contributed by atoms with Gasteiger partial charge >= 0.3 is 0 Å². The van der Waals surface area contributed by atoms with E-state index in [0.717, 1.165) is 34.1 Å². The molecule has 0 bridgehead atoms. The van der Waals surface area contributed by atoms with Gasteiger partial charge in [0.15, 0.2) is 11.5 Å². The molecular weight excluding hydrogens is 548 g/mol. The normalized spacial score (nSPS) is 11.8. The van der Waals surface area contributed by atoms with Crippen LogP contribution in [0, 0.1) is 6.92 Å². The lowest BCUT2D eigenvalue weighted by atomic mass is 9.87. The molecule has 6 nitrogen and oxygen atoms in total. The van der Waals surface area contributed by atoms with Crippen LogP contribution < -0.4 is 14.8 Å². The highest BCUT2D eigenvalue weighted by molar-refractivity contribution is 5.87. The van der Waals surface area contributed by atoms with Crippen LogP contribution in [0.1, 0.15) is 45.9 Å². The van der Waals surface area contributed by atoms with Crippen molar-refractivity contribution in [1.29, 1.82) is 0 Å². The summed E-state index contributed by atoms with van der Waals surface area (Å²) in [4.78, 5) is 13.5. The molecule has 6 heteroatoms. The van der Waals surface area contributed by atoms with Gasteiger partial charge in [0.05, 0.1) is 19.9 Å². The zero-order valence-electron chi connectivity index (χ0n) is 25.0. The van der Waals surface area contributed by atoms with Crippen molar-refractivity contribution in [2.75, 3.05) is 7.11 Å². The third-order valence-electron chi connectivity index (χ3n) is 7.92. The number of aryl methyl sites for hydroxylation is 1. The number of hydrogen-bond acceptors (Lipinski definition) is 4. The van der Waals surface area contributed by atoms with Crippen molar-refractivity contribution in [1.82, 2.24) is 9.88 Å². The van der Waals surface area contributed by atoms with Gasteiger partial charge in [-0.3, -0.25) is 4.79 Å². The van der Waals surface area contributed by atoms with Gasteiger partial charge in [0.1, 0.15) is 12.4 Å². The number of nitrogens with one attached hydrogen (secondary N) is 1. The molecule has 0 aliphatic rings. The van der Waals surface area contributed by atoms with E-state index in [4.69, 9.17) is 13.9 Å². The summed E-state index contributed by atoms with van der Waals surface area (Å²) in [5.41, 5.74) is 6.69. The average Bonchev–Trinajstić information content (AvgIpc) is 3.71. The van der Waals surface area contributed by atoms with Crippen LogP contribution in [0.4, 0.5) is 0 Å². The zero-order chi connectivity index (χ0) is 30.3. The van der Waals surface area contributed by atoms with Crippen molar-refractivity contribution in [3.05, 3.63) is 155 Å². The monoisotopic (exact) mass is 584 g/mol. The molecule has 1 amide bonds. The molecule has 0 aliphatic heterocycles. The molecule has 0 radical (unpaired) electrons. The Kier molecular flexibility index (Phi) is 8.78. The van der Waals surface area contributed by atoms with Crippen LogP contribution in [-0.4, -0.2) is 17.6 Å². The SMILES string of the molecule is COc1ccc([C@@H](CC(=O)NCc2ccco2)c2cn(Cc3ccc(C)cc3)c3ccccc23)cc1OCc1ccccc1. The fourth-order valence-corrected chi connectivity index (χ4v) is 5.60. The van der Waals surface area contributed by atoms with Crippen LogP contribution >= 0.6 is 0 Å². The maximum atomic E-state index is 13.5. The number of methoxy groups -OCH3 is 1. The van der Waals surface area contributed by atoms with Crippen molar-refractivity contribution >= 4 is 16.8 Å². The molecule has 4 aromatic carbocycles. The predicted molar refractivity (Wildman–Crippen MR) is 173 cm³/mol. The van der Waals surface area contributed by atoms with Crippen LogP contribution in [0.3, 0.4) is 0 Å². The van der Waals surface area contributed by atoms with E-state index in [1.165, 1.54) is 11.1 Å². The summed E-state index contributed by atoms with van der Waals surface area (Å²) in [6.45, 7) is 3.57. The molecule has 0 fully saturated rings. The Hall–Kier alpha value is -5.23. The predicted octanol–water partition coefficient (Wildman–Crippen LogP) is 8.02. The van der Waals surface area contributed by atoms with Crippen LogP contribution in [-0.2, 0) is 24.5 Å². The van der Waals surface area contributed by atoms with E-state index >= 15 is 0 Å². The largest absolute Gasteiger partial charge is 0.493 e. The maximum absolute atomic E-state index is 13.5. The Morgan fingerprint density at radius 3 is 2.43 bits per heavy atom. The van der Waals surface area contributed by atoms with Crippen molar-refractivity contribution < 1.29 is 18.7 Å². The summed E-state index contributed by atoms with van der Waals surface area (Å²) in [7, 11) is 1.64. The summed E-state index contributed by atoms with van der Waals surface area (Å²) in [5, 5.41) is 4.16. The number of aromatic nitrogens is 1. The van der Waals surface area contributed by atoms with E-state index in [1.54, 1.807) is 13.4 Å². The van der Waals surface area contributed by atoms with Crippen molar-refractivity contribution in [3.8, 4) is 11.5 Å². The van der Waals surface area contributed by atoms with Crippen molar-refractivity contribution in [2.45, 2.75) is 39.0 Å². The Morgan fingerprint density at radius 2 is 1.66 bits per heavy atom. The fraction of sp³-hybridized carbons (Fsp3) is 0.184. The molecule has 0 saturated carbocycles. The Balaban J connectivity index is 1.37. The van der Waals surface area contributed by atoms with E-state index in [0.29, 0.717) is 30.4 Å². The van der Waals surface area contributed by atoms with Gasteiger partial charge in [0.2, 0.25) is 5.91 Å². The average molecular weight is 585 g/mol. The van der Waals surface area contributed by atoms with Gasteiger partial charge in [-0.2, -0.15) is 0 Å². The third-order valence-corrected chi connectivity index (χ3v) is 7.92. The molecule has 1 atom stereocenters. The number of benzene rings is 4. The molecule has 0 saturated heterocycles. The van der Waals surface area contributed by atoms with Gasteiger partial charge in [-0.25, -0.2) is 0 Å². The van der Waals surface area contributed by atoms with Crippen molar-refractivity contribution in [2.24, 2.45) is 0 Å². The molecule has 6 aromatic rings. The Bertz CT molecular complexity index is 1820. The maximum Gasteiger partial charge on any atom is 0.221 e. The first kappa shape index (κ1) is 28.9. The highest BCUT2D eigenvalue weighted by atomic mass is 16.5. The number of hydrogen-bond donors (Lipinski definition) is 1. The van der Waals surface area contributed by atoms with E-state index < -0.39 is 0 Å². The molecule has 222 valence electrons. The van der Waals surface area contributed by atoms with Crippen LogP contribution in [0.2, 0.25) is 0 Å². The second-order valence-electron chi connectivity index (χ2n) is 11.0. The van der Waals surface area contributed by atoms with Gasteiger partial charge in [-0.1, -0.05) is 84.4 Å². The summed E-state index contributed by atoms with van der Waals surface area (Å²) in [6.07, 6.45) is 4.06. The molecule has 2 heterocycles. The standard InChI is InChI=1S/C38H36N2O4/c1-27-14-16-28(17-15-27)24-40-25-34(32-12-6-7-13-35(32)40)33(22-38(41)39-23-31-11-8-20-43-31)30-18-19-36(42-2)37(21-30)44-26-29-9-4-3-5-10-29/h3-21,25,33H,22-24,26H2,1-2H3,(H,39,41)/t33-/m1/s1. The molecule has 0 aliphatic carbocycles. The summed E-state index contributed by atoms with van der Waals surface area (Å²) in [5.74, 6) is 1.70. The first-order valence-corrected chi connectivity index (χ1v) is 14.8. The number of fused-ring (bicyclic) bond motifs is 1. The lowest BCUT2D eigenvalue weighted by molar-refractivity contribution is -0.121. The fourth-order valence-electron chi connectivity index (χ4n) is 5.60. The minimum absolute atomic E-state index is 0.0654. The third kappa shape index (κ3) is 6.70. The lowest BCUT2D eigenvalue weighted by Gasteiger charge is -2.20. The number of furan rings is 1. The highest BCUT2D eigenvalue weighted by Gasteiger charge is 2.24. The van der Waals surface area contributed by atoms with Gasteiger partial charge in [-0.05, 0) is 59.5 Å². The molecule has 1 N–H and O–H groups in total. The van der Waals surface area contributed by atoms with E-state index in [-0.39, 0.29) is 18.2 Å². The van der Waals surface area contributed by atoms with Crippen LogP contribution in [0.15, 0.2) is 126 Å². The Labute approximate surface area is 257 Å². The van der Waals surface area contributed by atoms with E-state index in [9.17, 15) is 4.79 Å². The summed E-state index contributed by atoms with van der Waals surface area (Å²) in [6, 6.07) is 36.7. The number of ether oxygens (including phenoxy) is 2. The first-order valence-electron chi connectivity index (χ1n) is 14.8. The Morgan fingerprint density at radius 1 is 0.864 bits per heavy atom. The number of rotatable bonds is 12. The van der Waals surface area contributed by atoms with Gasteiger partial charge in [0, 0.05) is 36.0 Å². The quantitative estimate of drug-likeness (QED) is 0.158. The van der Waals surface area contributed by atoms with Gasteiger partial charge in [-0.15, -0.1) is 0 Å². The topological polar surface area (TPSA) is 65.6 Å². The molecule has 2 aromatic heterocycles. The number of nitrogens with zero attached hydrogens (tertiary/aromatic N) is 1. The number of carbonyl (C=O) groups excluding carboxylic acids is 1. The number of carbonyl (C=O) groups is 1. The molecule has 44 heavy (non-hydrogen) atoms. The highest BCUT2D eigenvalue weighted by Crippen LogP contribution is 2.39. The minimum atomic E-state index is -0.235. The van der Waals surface area contributed by atoms with E-state index in [2.05, 4.69) is 71.5 Å². The van der Waals surface area contributed by atoms with Crippen molar-refractivity contribution in [3.63, 3.8) is 0 Å². The summed E-state index contributed by atoms with van der Waals surface area (Å²) < 4.78 is 19.7. The smallest absolute Gasteiger partial charge is 0.221 e. The van der Waals surface area contributed by atoms with Gasteiger partial charge in [0.25, 0.3) is 0 Å². The molecule has 0 spiro atoms. The lowest BCUT2D eigenvalue weighted by Crippen LogP contribution is -2.24. The number of amides is 1. The van der Waals surface area contributed by atoms with Gasteiger partial charge < -0.3 is 23.8 Å². The number of para-hydroxylation sites is 1. The molecular formula is C38H36N2O4. The van der Waals surface area contributed by atoms with Crippen LogP contribution in [0.5, 0.6) is 11.5 Å². The first-order chi connectivity index (χ1) is 21.6. The zero-order valence-corrected chi connectivity index (χ0v) is 25.0. The van der Waals surface area contributed by atoms with Crippen LogP contribution in [0.25, 0.3) is 10.9 Å².